The van der Waals surface area contributed by atoms with E-state index < -0.39 is 15.9 Å². The number of aromatic nitrogens is 2. The van der Waals surface area contributed by atoms with Gasteiger partial charge in [0.15, 0.2) is 9.84 Å². The van der Waals surface area contributed by atoms with Gasteiger partial charge in [0.05, 0.1) is 24.1 Å². The summed E-state index contributed by atoms with van der Waals surface area (Å²) < 4.78 is 25.2. The monoisotopic (exact) mass is 415 g/mol. The second-order valence-electron chi connectivity index (χ2n) is 7.20. The molecule has 4 rings (SSSR count). The predicted octanol–water partition coefficient (Wildman–Crippen LogP) is 1.04. The summed E-state index contributed by atoms with van der Waals surface area (Å²) >= 11 is 0. The molecule has 2 aliphatic heterocycles. The lowest BCUT2D eigenvalue weighted by molar-refractivity contribution is -0.133. The van der Waals surface area contributed by atoms with E-state index in [-0.39, 0.29) is 41.9 Å². The van der Waals surface area contributed by atoms with Crippen LogP contribution in [0.5, 0.6) is 0 Å². The molecule has 10 heteroatoms. The number of sulfone groups is 1. The molecular weight excluding hydrogens is 394 g/mol. The molecule has 2 aromatic rings. The highest BCUT2D eigenvalue weighted by Gasteiger charge is 2.37. The molecular formula is C19H21N5O4S. The summed E-state index contributed by atoms with van der Waals surface area (Å²) in [6.45, 7) is 0.579. The first-order chi connectivity index (χ1) is 13.9. The molecule has 3 heterocycles. The number of anilines is 1. The number of benzene rings is 1. The molecule has 1 N–H and O–H groups in total. The van der Waals surface area contributed by atoms with Crippen molar-refractivity contribution in [2.24, 2.45) is 5.10 Å². The van der Waals surface area contributed by atoms with E-state index in [2.05, 4.69) is 15.5 Å². The van der Waals surface area contributed by atoms with Crippen LogP contribution in [0.15, 0.2) is 47.8 Å². The fourth-order valence-electron chi connectivity index (χ4n) is 3.52. The van der Waals surface area contributed by atoms with Gasteiger partial charge in [-0.05, 0) is 30.2 Å². The van der Waals surface area contributed by atoms with E-state index >= 15 is 0 Å². The van der Waals surface area contributed by atoms with Gasteiger partial charge in [0.2, 0.25) is 5.91 Å². The molecule has 0 bridgehead atoms. The molecule has 0 spiro atoms. The van der Waals surface area contributed by atoms with Gasteiger partial charge in [-0.3, -0.25) is 14.3 Å². The maximum atomic E-state index is 12.7. The minimum atomic E-state index is -3.15. The van der Waals surface area contributed by atoms with Crippen molar-refractivity contribution in [3.63, 3.8) is 0 Å². The molecule has 1 fully saturated rings. The van der Waals surface area contributed by atoms with Crippen LogP contribution >= 0.6 is 0 Å². The van der Waals surface area contributed by atoms with Crippen molar-refractivity contribution in [3.05, 3.63) is 48.3 Å². The normalized spacial score (nSPS) is 21.1. The number of carbonyl (C=O) groups excluding carboxylic acids is 2. The van der Waals surface area contributed by atoms with Gasteiger partial charge < -0.3 is 5.32 Å². The Kier molecular flexibility index (Phi) is 5.18. The summed E-state index contributed by atoms with van der Waals surface area (Å²) in [5.74, 6) is -0.696. The van der Waals surface area contributed by atoms with Crippen molar-refractivity contribution in [2.75, 3.05) is 16.8 Å². The van der Waals surface area contributed by atoms with Gasteiger partial charge in [-0.2, -0.15) is 10.2 Å². The van der Waals surface area contributed by atoms with Crippen LogP contribution in [0.4, 0.5) is 5.69 Å². The standard InChI is InChI=1S/C19H21N5O4S/c25-18-6-5-17(22-24(18)16-7-10-29(27,28)13-16)19(26)21-15-4-1-3-14(11-15)12-23-9-2-8-20-23/h1-4,8-9,11,16H,5-7,10,12-13H2,(H,21,26)/t16-/m1/s1. The van der Waals surface area contributed by atoms with E-state index in [1.54, 1.807) is 16.9 Å². The highest BCUT2D eigenvalue weighted by atomic mass is 32.2. The van der Waals surface area contributed by atoms with Crippen LogP contribution in [0.3, 0.4) is 0 Å². The third-order valence-corrected chi connectivity index (χ3v) is 6.71. The maximum Gasteiger partial charge on any atom is 0.271 e. The highest BCUT2D eigenvalue weighted by Crippen LogP contribution is 2.22. The van der Waals surface area contributed by atoms with Crippen molar-refractivity contribution < 1.29 is 18.0 Å². The Bertz CT molecular complexity index is 1060. The number of carbonyl (C=O) groups is 2. The molecule has 2 aliphatic rings. The van der Waals surface area contributed by atoms with Crippen molar-refractivity contribution >= 4 is 33.1 Å². The zero-order valence-electron chi connectivity index (χ0n) is 15.7. The van der Waals surface area contributed by atoms with E-state index in [1.807, 2.05) is 30.5 Å². The van der Waals surface area contributed by atoms with Crippen molar-refractivity contribution in [1.82, 2.24) is 14.8 Å². The summed E-state index contributed by atoms with van der Waals surface area (Å²) in [5.41, 5.74) is 1.82. The van der Waals surface area contributed by atoms with E-state index in [0.717, 1.165) is 5.56 Å². The summed E-state index contributed by atoms with van der Waals surface area (Å²) in [6.07, 6.45) is 4.28. The Morgan fingerprint density at radius 3 is 2.83 bits per heavy atom. The van der Waals surface area contributed by atoms with Gasteiger partial charge in [-0.25, -0.2) is 13.4 Å². The number of hydrogen-bond donors (Lipinski definition) is 1. The van der Waals surface area contributed by atoms with Gasteiger partial charge in [-0.1, -0.05) is 12.1 Å². The van der Waals surface area contributed by atoms with E-state index in [9.17, 15) is 18.0 Å². The third kappa shape index (κ3) is 4.53. The van der Waals surface area contributed by atoms with Gasteiger partial charge in [0.25, 0.3) is 5.91 Å². The average molecular weight is 415 g/mol. The van der Waals surface area contributed by atoms with Crippen LogP contribution in [0.25, 0.3) is 0 Å². The lowest BCUT2D eigenvalue weighted by atomic mass is 10.1. The van der Waals surface area contributed by atoms with Crippen molar-refractivity contribution in [1.29, 1.82) is 0 Å². The van der Waals surface area contributed by atoms with Crippen LogP contribution in [0.2, 0.25) is 0 Å². The summed E-state index contributed by atoms with van der Waals surface area (Å²) in [7, 11) is -3.15. The number of hydrogen-bond acceptors (Lipinski definition) is 6. The maximum absolute atomic E-state index is 12.7. The van der Waals surface area contributed by atoms with Gasteiger partial charge in [0, 0.05) is 30.9 Å². The number of nitrogens with zero attached hydrogens (tertiary/aromatic N) is 4. The van der Waals surface area contributed by atoms with Crippen LogP contribution in [0.1, 0.15) is 24.8 Å². The topological polar surface area (TPSA) is 114 Å². The first-order valence-corrected chi connectivity index (χ1v) is 11.2. The zero-order valence-corrected chi connectivity index (χ0v) is 16.5. The Balaban J connectivity index is 1.46. The molecule has 1 saturated heterocycles. The third-order valence-electron chi connectivity index (χ3n) is 4.96. The second kappa shape index (κ2) is 7.78. The Morgan fingerprint density at radius 1 is 1.24 bits per heavy atom. The number of rotatable bonds is 5. The number of hydrazone groups is 1. The second-order valence-corrected chi connectivity index (χ2v) is 9.43. The molecule has 1 aromatic carbocycles. The largest absolute Gasteiger partial charge is 0.321 e. The molecule has 0 radical (unpaired) electrons. The SMILES string of the molecule is O=C(Nc1cccc(Cn2cccn2)c1)C1=NN([C@@H]2CCS(=O)(=O)C2)C(=O)CC1. The highest BCUT2D eigenvalue weighted by molar-refractivity contribution is 7.91. The molecule has 1 aromatic heterocycles. The molecule has 152 valence electrons. The van der Waals surface area contributed by atoms with Gasteiger partial charge in [-0.15, -0.1) is 0 Å². The predicted molar refractivity (Wildman–Crippen MR) is 107 cm³/mol. The first kappa shape index (κ1) is 19.3. The summed E-state index contributed by atoms with van der Waals surface area (Å²) in [4.78, 5) is 24.9. The Morgan fingerprint density at radius 2 is 2.10 bits per heavy atom. The number of nitrogens with one attached hydrogen (secondary N) is 1. The first-order valence-electron chi connectivity index (χ1n) is 9.37. The van der Waals surface area contributed by atoms with Crippen molar-refractivity contribution in [3.8, 4) is 0 Å². The van der Waals surface area contributed by atoms with Crippen LogP contribution < -0.4 is 5.32 Å². The molecule has 2 amide bonds. The van der Waals surface area contributed by atoms with E-state index in [1.165, 1.54) is 5.01 Å². The fraction of sp³-hybridized carbons (Fsp3) is 0.368. The smallest absolute Gasteiger partial charge is 0.271 e. The van der Waals surface area contributed by atoms with Crippen LogP contribution in [-0.2, 0) is 26.0 Å². The van der Waals surface area contributed by atoms with E-state index in [4.69, 9.17) is 0 Å². The lowest BCUT2D eigenvalue weighted by Gasteiger charge is -2.27. The Labute approximate surface area is 168 Å². The van der Waals surface area contributed by atoms with Gasteiger partial charge >= 0.3 is 0 Å². The minimum absolute atomic E-state index is 0.0432. The van der Waals surface area contributed by atoms with Crippen LogP contribution in [-0.4, -0.2) is 58.3 Å². The van der Waals surface area contributed by atoms with Crippen LogP contribution in [0, 0.1) is 0 Å². The molecule has 1 atom stereocenters. The quantitative estimate of drug-likeness (QED) is 0.784. The zero-order chi connectivity index (χ0) is 20.4. The van der Waals surface area contributed by atoms with E-state index in [0.29, 0.717) is 18.7 Å². The minimum Gasteiger partial charge on any atom is -0.321 e. The Hall–Kier alpha value is -3.01. The fourth-order valence-corrected chi connectivity index (χ4v) is 5.21. The molecule has 0 aliphatic carbocycles. The molecule has 29 heavy (non-hydrogen) atoms. The average Bonchev–Trinajstić information content (AvgIpc) is 3.31. The lowest BCUT2D eigenvalue weighted by Crippen LogP contribution is -2.42. The molecule has 0 unspecified atom stereocenters. The van der Waals surface area contributed by atoms with Gasteiger partial charge in [0.1, 0.15) is 5.71 Å². The van der Waals surface area contributed by atoms with Crippen molar-refractivity contribution in [2.45, 2.75) is 31.8 Å². The number of amides is 2. The summed E-state index contributed by atoms with van der Waals surface area (Å²) in [6, 6.07) is 8.77. The molecule has 9 nitrogen and oxygen atoms in total. The molecule has 0 saturated carbocycles. The summed E-state index contributed by atoms with van der Waals surface area (Å²) in [5, 5.41) is 12.4.